The average Bonchev–Trinajstić information content (AvgIpc) is 2.59. The van der Waals surface area contributed by atoms with Crippen molar-refractivity contribution in [3.63, 3.8) is 0 Å². The number of alkyl halides is 6. The first-order valence-corrected chi connectivity index (χ1v) is 8.40. The minimum atomic E-state index is -4.62. The van der Waals surface area contributed by atoms with E-state index in [9.17, 15) is 31.1 Å². The van der Waals surface area contributed by atoms with E-state index in [1.165, 1.54) is 0 Å². The molecular formula is C17H20F6N2O3. The third-order valence-corrected chi connectivity index (χ3v) is 4.01. The Bertz CT molecular complexity index is 670. The normalized spacial score (nSPS) is 16.8. The molecule has 1 fully saturated rings. The van der Waals surface area contributed by atoms with Crippen molar-refractivity contribution in [1.82, 2.24) is 9.80 Å². The van der Waals surface area contributed by atoms with E-state index in [2.05, 4.69) is 14.4 Å². The van der Waals surface area contributed by atoms with Gasteiger partial charge in [-0.1, -0.05) is 0 Å². The molecule has 1 heterocycles. The fourth-order valence-corrected chi connectivity index (χ4v) is 2.56. The highest BCUT2D eigenvalue weighted by atomic mass is 19.4. The van der Waals surface area contributed by atoms with Gasteiger partial charge in [0.25, 0.3) is 0 Å². The number of halogens is 6. The van der Waals surface area contributed by atoms with Crippen molar-refractivity contribution in [1.29, 1.82) is 0 Å². The van der Waals surface area contributed by atoms with E-state index in [0.29, 0.717) is 13.1 Å². The number of carbonyl (C=O) groups excluding carboxylic acids is 1. The Morgan fingerprint density at radius 1 is 0.964 bits per heavy atom. The third-order valence-electron chi connectivity index (χ3n) is 4.01. The number of carbonyl (C=O) groups is 1. The molecule has 158 valence electrons. The lowest BCUT2D eigenvalue weighted by atomic mass is 10.1. The molecule has 0 spiro atoms. The molecule has 0 unspecified atom stereocenters. The molecule has 0 aromatic heterocycles. The van der Waals surface area contributed by atoms with Gasteiger partial charge in [-0.05, 0) is 25.2 Å². The van der Waals surface area contributed by atoms with Gasteiger partial charge < -0.3 is 14.4 Å². The minimum absolute atomic E-state index is 0.0844. The first-order valence-electron chi connectivity index (χ1n) is 8.40. The molecule has 1 saturated heterocycles. The van der Waals surface area contributed by atoms with Crippen LogP contribution in [0, 0.1) is 0 Å². The average molecular weight is 414 g/mol. The zero-order chi connectivity index (χ0) is 20.9. The second kappa shape index (κ2) is 8.99. The summed E-state index contributed by atoms with van der Waals surface area (Å²) in [6, 6.07) is 3.02. The summed E-state index contributed by atoms with van der Waals surface area (Å²) in [4.78, 5) is 16.5. The summed E-state index contributed by atoms with van der Waals surface area (Å²) < 4.78 is 83.6. The largest absolute Gasteiger partial charge is 0.484 e. The van der Waals surface area contributed by atoms with Crippen molar-refractivity contribution in [3.8, 4) is 11.5 Å². The highest BCUT2D eigenvalue weighted by Crippen LogP contribution is 2.28. The van der Waals surface area contributed by atoms with E-state index in [1.807, 2.05) is 11.9 Å². The lowest BCUT2D eigenvalue weighted by molar-refractivity contribution is -0.154. The van der Waals surface area contributed by atoms with E-state index in [-0.39, 0.29) is 23.6 Å². The highest BCUT2D eigenvalue weighted by Gasteiger charge is 2.31. The van der Waals surface area contributed by atoms with Gasteiger partial charge in [-0.3, -0.25) is 9.69 Å². The van der Waals surface area contributed by atoms with E-state index < -0.39 is 31.3 Å². The number of hydrogen-bond acceptors (Lipinski definition) is 5. The maximum atomic E-state index is 12.6. The Morgan fingerprint density at radius 2 is 1.54 bits per heavy atom. The number of rotatable bonds is 7. The Hall–Kier alpha value is -2.01. The van der Waals surface area contributed by atoms with Gasteiger partial charge in [0, 0.05) is 26.2 Å². The molecule has 5 nitrogen and oxygen atoms in total. The zero-order valence-corrected chi connectivity index (χ0v) is 15.1. The molecule has 11 heteroatoms. The van der Waals surface area contributed by atoms with Crippen molar-refractivity contribution in [2.75, 3.05) is 53.0 Å². The van der Waals surface area contributed by atoms with Gasteiger partial charge in [0.2, 0.25) is 0 Å². The molecule has 1 aromatic carbocycles. The third kappa shape index (κ3) is 7.55. The molecule has 0 atom stereocenters. The summed E-state index contributed by atoms with van der Waals surface area (Å²) in [5.74, 6) is -1.19. The van der Waals surface area contributed by atoms with Crippen LogP contribution in [0.15, 0.2) is 18.2 Å². The molecule has 0 N–H and O–H groups in total. The van der Waals surface area contributed by atoms with Crippen molar-refractivity contribution >= 4 is 5.78 Å². The van der Waals surface area contributed by atoms with Crippen LogP contribution in [-0.2, 0) is 0 Å². The van der Waals surface area contributed by atoms with Gasteiger partial charge in [0.05, 0.1) is 12.1 Å². The number of Topliss-reactive ketones (excluding diaryl/α,β-unsaturated/α-hetero) is 1. The summed E-state index contributed by atoms with van der Waals surface area (Å²) in [7, 11) is 1.92. The topological polar surface area (TPSA) is 42.0 Å². The number of ether oxygens (including phenoxy) is 2. The number of piperazine rings is 1. The molecule has 0 amide bonds. The molecule has 2 rings (SSSR count). The minimum Gasteiger partial charge on any atom is -0.484 e. The monoisotopic (exact) mass is 414 g/mol. The number of benzene rings is 1. The van der Waals surface area contributed by atoms with Crippen LogP contribution in [0.4, 0.5) is 26.3 Å². The maximum Gasteiger partial charge on any atom is 0.422 e. The second-order valence-corrected chi connectivity index (χ2v) is 6.47. The number of likely N-dealkylation sites (N-methyl/N-ethyl adjacent to an activating group) is 1. The first kappa shape index (κ1) is 22.3. The van der Waals surface area contributed by atoms with Crippen molar-refractivity contribution in [2.45, 2.75) is 12.4 Å². The van der Waals surface area contributed by atoms with Crippen LogP contribution in [0.2, 0.25) is 0 Å². The van der Waals surface area contributed by atoms with Crippen LogP contribution < -0.4 is 9.47 Å². The lowest BCUT2D eigenvalue weighted by Crippen LogP contribution is -2.46. The lowest BCUT2D eigenvalue weighted by Gasteiger charge is -2.31. The van der Waals surface area contributed by atoms with Gasteiger partial charge in [-0.15, -0.1) is 0 Å². The molecule has 1 aromatic rings. The predicted molar refractivity (Wildman–Crippen MR) is 87.8 cm³/mol. The quantitative estimate of drug-likeness (QED) is 0.507. The van der Waals surface area contributed by atoms with E-state index >= 15 is 0 Å². The second-order valence-electron chi connectivity index (χ2n) is 6.47. The van der Waals surface area contributed by atoms with Gasteiger partial charge in [0.1, 0.15) is 11.5 Å². The fourth-order valence-electron chi connectivity index (χ4n) is 2.56. The van der Waals surface area contributed by atoms with E-state index in [1.54, 1.807) is 0 Å². The smallest absolute Gasteiger partial charge is 0.422 e. The zero-order valence-electron chi connectivity index (χ0n) is 15.1. The first-order chi connectivity index (χ1) is 12.9. The summed E-state index contributed by atoms with van der Waals surface area (Å²) in [6.07, 6.45) is -9.21. The Labute approximate surface area is 157 Å². The van der Waals surface area contributed by atoms with Crippen LogP contribution in [0.25, 0.3) is 0 Å². The summed E-state index contributed by atoms with van der Waals surface area (Å²) in [5.41, 5.74) is -0.247. The molecule has 1 aliphatic heterocycles. The van der Waals surface area contributed by atoms with E-state index in [4.69, 9.17) is 0 Å². The van der Waals surface area contributed by atoms with Crippen molar-refractivity contribution in [2.24, 2.45) is 0 Å². The Morgan fingerprint density at radius 3 is 2.11 bits per heavy atom. The Kier molecular flexibility index (Phi) is 7.16. The molecular weight excluding hydrogens is 394 g/mol. The standard InChI is InChI=1S/C17H20F6N2O3/c1-24-4-6-25(7-5-24)9-14(26)13-8-12(27-10-16(18,19)20)2-3-15(13)28-11-17(21,22)23/h2-3,8H,4-7,9-11H2,1H3. The van der Waals surface area contributed by atoms with Crippen LogP contribution in [0.5, 0.6) is 11.5 Å². The predicted octanol–water partition coefficient (Wildman–Crippen LogP) is 3.00. The van der Waals surface area contributed by atoms with Gasteiger partial charge in [-0.25, -0.2) is 0 Å². The van der Waals surface area contributed by atoms with Gasteiger partial charge in [0.15, 0.2) is 19.0 Å². The number of ketones is 1. The highest BCUT2D eigenvalue weighted by molar-refractivity contribution is 6.00. The van der Waals surface area contributed by atoms with Crippen molar-refractivity contribution < 1.29 is 40.6 Å². The van der Waals surface area contributed by atoms with E-state index in [0.717, 1.165) is 31.3 Å². The summed E-state index contributed by atoms with van der Waals surface area (Å²) in [5, 5.41) is 0. The SMILES string of the molecule is CN1CCN(CC(=O)c2cc(OCC(F)(F)F)ccc2OCC(F)(F)F)CC1. The maximum absolute atomic E-state index is 12.6. The van der Waals surface area contributed by atoms with Crippen LogP contribution in [-0.4, -0.2) is 80.9 Å². The molecule has 0 aliphatic carbocycles. The van der Waals surface area contributed by atoms with Gasteiger partial charge >= 0.3 is 12.4 Å². The summed E-state index contributed by atoms with van der Waals surface area (Å²) in [6.45, 7) is -0.666. The van der Waals surface area contributed by atoms with Gasteiger partial charge in [-0.2, -0.15) is 26.3 Å². The van der Waals surface area contributed by atoms with Crippen LogP contribution in [0.1, 0.15) is 10.4 Å². The number of hydrogen-bond donors (Lipinski definition) is 0. The van der Waals surface area contributed by atoms with Crippen LogP contribution >= 0.6 is 0 Å². The summed E-state index contributed by atoms with van der Waals surface area (Å²) >= 11 is 0. The molecule has 28 heavy (non-hydrogen) atoms. The fraction of sp³-hybridized carbons (Fsp3) is 0.588. The Balaban J connectivity index is 2.16. The molecule has 1 aliphatic rings. The van der Waals surface area contributed by atoms with Crippen LogP contribution in [0.3, 0.4) is 0 Å². The molecule has 0 saturated carbocycles. The van der Waals surface area contributed by atoms with Crippen molar-refractivity contribution in [3.05, 3.63) is 23.8 Å². The molecule has 0 bridgehead atoms. The molecule has 0 radical (unpaired) electrons. The number of nitrogens with zero attached hydrogens (tertiary/aromatic N) is 2.